The van der Waals surface area contributed by atoms with Gasteiger partial charge in [-0.25, -0.2) is 0 Å². The summed E-state index contributed by atoms with van der Waals surface area (Å²) in [5.41, 5.74) is -0.426. The highest BCUT2D eigenvalue weighted by atomic mass is 16.5. The highest BCUT2D eigenvalue weighted by molar-refractivity contribution is 5.80. The molecule has 3 nitrogen and oxygen atoms in total. The minimum atomic E-state index is -0.426. The maximum atomic E-state index is 12.4. The monoisotopic (exact) mass is 269 g/mol. The minimum Gasteiger partial charge on any atom is -0.465 e. The molecule has 19 heavy (non-hydrogen) atoms. The topological polar surface area (TPSA) is 38.3 Å². The summed E-state index contributed by atoms with van der Waals surface area (Å²) in [6, 6.07) is 0. The molecule has 0 aromatic carbocycles. The largest absolute Gasteiger partial charge is 0.465 e. The number of carbonyl (C=O) groups excluding carboxylic acids is 1. The van der Waals surface area contributed by atoms with Crippen molar-refractivity contribution in [2.24, 2.45) is 11.8 Å². The second-order valence-corrected chi connectivity index (χ2v) is 6.28. The SMILES string of the molecule is CCOC(=O)C1(NCC(C)C)CCCC(CC)CC1. The predicted molar refractivity (Wildman–Crippen MR) is 79.1 cm³/mol. The summed E-state index contributed by atoms with van der Waals surface area (Å²) in [7, 11) is 0. The highest BCUT2D eigenvalue weighted by Gasteiger charge is 2.40. The van der Waals surface area contributed by atoms with Crippen LogP contribution in [-0.4, -0.2) is 24.7 Å². The Morgan fingerprint density at radius 2 is 2.05 bits per heavy atom. The van der Waals surface area contributed by atoms with Crippen molar-refractivity contribution >= 4 is 5.97 Å². The molecule has 0 spiro atoms. The number of hydrogen-bond acceptors (Lipinski definition) is 3. The highest BCUT2D eigenvalue weighted by Crippen LogP contribution is 2.33. The summed E-state index contributed by atoms with van der Waals surface area (Å²) in [4.78, 5) is 12.4. The number of esters is 1. The maximum absolute atomic E-state index is 12.4. The van der Waals surface area contributed by atoms with Gasteiger partial charge in [0.15, 0.2) is 0 Å². The third kappa shape index (κ3) is 4.79. The van der Waals surface area contributed by atoms with E-state index in [1.165, 1.54) is 12.8 Å². The molecule has 1 fully saturated rings. The lowest BCUT2D eigenvalue weighted by Gasteiger charge is -2.32. The van der Waals surface area contributed by atoms with Crippen LogP contribution < -0.4 is 5.32 Å². The van der Waals surface area contributed by atoms with Crippen molar-refractivity contribution < 1.29 is 9.53 Å². The van der Waals surface area contributed by atoms with Gasteiger partial charge in [0.05, 0.1) is 6.61 Å². The predicted octanol–water partition coefficient (Wildman–Crippen LogP) is 3.52. The first-order valence-electron chi connectivity index (χ1n) is 7.96. The fourth-order valence-corrected chi connectivity index (χ4v) is 2.94. The van der Waals surface area contributed by atoms with Crippen molar-refractivity contribution in [2.45, 2.75) is 71.8 Å². The van der Waals surface area contributed by atoms with Crippen LogP contribution in [0, 0.1) is 11.8 Å². The van der Waals surface area contributed by atoms with Crippen LogP contribution in [0.25, 0.3) is 0 Å². The minimum absolute atomic E-state index is 0.0348. The van der Waals surface area contributed by atoms with Gasteiger partial charge in [0.1, 0.15) is 5.54 Å². The average molecular weight is 269 g/mol. The molecule has 1 saturated carbocycles. The van der Waals surface area contributed by atoms with Gasteiger partial charge in [-0.05, 0) is 44.6 Å². The first-order chi connectivity index (χ1) is 9.04. The van der Waals surface area contributed by atoms with E-state index in [4.69, 9.17) is 4.74 Å². The number of ether oxygens (including phenoxy) is 1. The molecule has 2 unspecified atom stereocenters. The Kier molecular flexibility index (Phi) is 6.84. The van der Waals surface area contributed by atoms with Gasteiger partial charge in [0.2, 0.25) is 0 Å². The van der Waals surface area contributed by atoms with Crippen LogP contribution in [0.15, 0.2) is 0 Å². The molecule has 0 aliphatic heterocycles. The first-order valence-corrected chi connectivity index (χ1v) is 7.96. The van der Waals surface area contributed by atoms with Gasteiger partial charge in [0.25, 0.3) is 0 Å². The number of nitrogens with one attached hydrogen (secondary N) is 1. The molecule has 1 N–H and O–H groups in total. The van der Waals surface area contributed by atoms with Crippen LogP contribution >= 0.6 is 0 Å². The van der Waals surface area contributed by atoms with E-state index in [1.807, 2.05) is 6.92 Å². The number of hydrogen-bond donors (Lipinski definition) is 1. The van der Waals surface area contributed by atoms with E-state index in [9.17, 15) is 4.79 Å². The van der Waals surface area contributed by atoms with Crippen LogP contribution in [0.1, 0.15) is 66.2 Å². The molecular weight excluding hydrogens is 238 g/mol. The molecule has 0 bridgehead atoms. The van der Waals surface area contributed by atoms with Crippen LogP contribution in [-0.2, 0) is 9.53 Å². The lowest BCUT2D eigenvalue weighted by atomic mass is 9.88. The zero-order valence-corrected chi connectivity index (χ0v) is 13.1. The van der Waals surface area contributed by atoms with E-state index in [2.05, 4.69) is 26.1 Å². The zero-order valence-electron chi connectivity index (χ0n) is 13.1. The smallest absolute Gasteiger partial charge is 0.326 e. The molecule has 0 saturated heterocycles. The Labute approximate surface area is 118 Å². The summed E-state index contributed by atoms with van der Waals surface area (Å²) in [5.74, 6) is 1.29. The maximum Gasteiger partial charge on any atom is 0.326 e. The molecule has 0 heterocycles. The van der Waals surface area contributed by atoms with Crippen LogP contribution in [0.4, 0.5) is 0 Å². The summed E-state index contributed by atoms with van der Waals surface area (Å²) in [5, 5.41) is 3.53. The molecule has 0 amide bonds. The Morgan fingerprint density at radius 3 is 2.63 bits per heavy atom. The lowest BCUT2D eigenvalue weighted by Crippen LogP contribution is -2.53. The quantitative estimate of drug-likeness (QED) is 0.592. The third-order valence-corrected chi connectivity index (χ3v) is 4.29. The second-order valence-electron chi connectivity index (χ2n) is 6.28. The second kappa shape index (κ2) is 7.88. The van der Waals surface area contributed by atoms with Gasteiger partial charge in [-0.15, -0.1) is 0 Å². The first kappa shape index (κ1) is 16.5. The van der Waals surface area contributed by atoms with Gasteiger partial charge in [-0.2, -0.15) is 0 Å². The van der Waals surface area contributed by atoms with Crippen molar-refractivity contribution in [2.75, 3.05) is 13.2 Å². The summed E-state index contributed by atoms with van der Waals surface area (Å²) in [6.07, 6.45) is 6.60. The molecule has 1 rings (SSSR count). The Balaban J connectivity index is 2.75. The van der Waals surface area contributed by atoms with Gasteiger partial charge in [-0.1, -0.05) is 40.0 Å². The fraction of sp³-hybridized carbons (Fsp3) is 0.938. The Morgan fingerprint density at radius 1 is 1.32 bits per heavy atom. The van der Waals surface area contributed by atoms with Crippen LogP contribution in [0.3, 0.4) is 0 Å². The Bertz CT molecular complexity index is 278. The van der Waals surface area contributed by atoms with E-state index in [0.717, 1.165) is 38.1 Å². The van der Waals surface area contributed by atoms with Crippen LogP contribution in [0.2, 0.25) is 0 Å². The number of carbonyl (C=O) groups is 1. The van der Waals surface area contributed by atoms with Gasteiger partial charge < -0.3 is 10.1 Å². The van der Waals surface area contributed by atoms with Gasteiger partial charge >= 0.3 is 5.97 Å². The molecule has 2 atom stereocenters. The molecular formula is C16H31NO2. The van der Waals surface area contributed by atoms with E-state index < -0.39 is 5.54 Å². The standard InChI is InChI=1S/C16H31NO2/c1-5-14-8-7-10-16(11-9-14,15(18)19-6-2)17-12-13(3)4/h13-14,17H,5-12H2,1-4H3. The van der Waals surface area contributed by atoms with Crippen molar-refractivity contribution in [3.05, 3.63) is 0 Å². The van der Waals surface area contributed by atoms with Crippen molar-refractivity contribution in [3.8, 4) is 0 Å². The number of rotatable bonds is 6. The van der Waals surface area contributed by atoms with Crippen LogP contribution in [0.5, 0.6) is 0 Å². The normalized spacial score (nSPS) is 28.2. The van der Waals surface area contributed by atoms with E-state index in [-0.39, 0.29) is 5.97 Å². The van der Waals surface area contributed by atoms with E-state index in [0.29, 0.717) is 12.5 Å². The molecule has 112 valence electrons. The van der Waals surface area contributed by atoms with Crippen molar-refractivity contribution in [1.82, 2.24) is 5.32 Å². The molecule has 3 heteroatoms. The van der Waals surface area contributed by atoms with Gasteiger partial charge in [-0.3, -0.25) is 4.79 Å². The molecule has 0 radical (unpaired) electrons. The van der Waals surface area contributed by atoms with Crippen molar-refractivity contribution in [1.29, 1.82) is 0 Å². The molecule has 0 aromatic heterocycles. The summed E-state index contributed by atoms with van der Waals surface area (Å²) >= 11 is 0. The van der Waals surface area contributed by atoms with Gasteiger partial charge in [0, 0.05) is 0 Å². The lowest BCUT2D eigenvalue weighted by molar-refractivity contribution is -0.152. The summed E-state index contributed by atoms with van der Waals surface area (Å²) < 4.78 is 5.34. The molecule has 0 aromatic rings. The molecule has 1 aliphatic carbocycles. The average Bonchev–Trinajstić information content (AvgIpc) is 2.59. The van der Waals surface area contributed by atoms with Crippen molar-refractivity contribution in [3.63, 3.8) is 0 Å². The summed E-state index contributed by atoms with van der Waals surface area (Å²) in [6.45, 7) is 9.86. The van der Waals surface area contributed by atoms with E-state index in [1.54, 1.807) is 0 Å². The third-order valence-electron chi connectivity index (χ3n) is 4.29. The molecule has 1 aliphatic rings. The Hall–Kier alpha value is -0.570. The fourth-order valence-electron chi connectivity index (χ4n) is 2.94. The zero-order chi connectivity index (χ0) is 14.3. The van der Waals surface area contributed by atoms with E-state index >= 15 is 0 Å².